The maximum absolute atomic E-state index is 4.01. The van der Waals surface area contributed by atoms with Crippen molar-refractivity contribution in [1.82, 2.24) is 0 Å². The second-order valence-electron chi connectivity index (χ2n) is 5.96. The second kappa shape index (κ2) is 6.17. The maximum atomic E-state index is 4.01. The van der Waals surface area contributed by atoms with E-state index >= 15 is 0 Å². The van der Waals surface area contributed by atoms with Crippen molar-refractivity contribution in [1.29, 1.82) is 0 Å². The van der Waals surface area contributed by atoms with E-state index in [1.165, 1.54) is 32.7 Å². The summed E-state index contributed by atoms with van der Waals surface area (Å²) in [6.45, 7) is 4.01. The number of benzene rings is 4. The highest BCUT2D eigenvalue weighted by Gasteiger charge is 2.09. The lowest BCUT2D eigenvalue weighted by Gasteiger charge is -2.12. The lowest BCUT2D eigenvalue weighted by molar-refractivity contribution is 1.48. The Bertz CT molecular complexity index is 1080. The molecule has 0 aliphatic heterocycles. The smallest absolute Gasteiger partial charge is 0.00326 e. The summed E-state index contributed by atoms with van der Waals surface area (Å²) >= 11 is 0. The summed E-state index contributed by atoms with van der Waals surface area (Å²) < 4.78 is 0. The van der Waals surface area contributed by atoms with Crippen LogP contribution in [0.2, 0.25) is 0 Å². The van der Waals surface area contributed by atoms with Gasteiger partial charge in [0.2, 0.25) is 0 Å². The minimum absolute atomic E-state index is 1.03. The molecule has 0 fully saturated rings. The Morgan fingerprint density at radius 3 is 2.04 bits per heavy atom. The van der Waals surface area contributed by atoms with Gasteiger partial charge in [-0.15, -0.1) is 0 Å². The number of rotatable bonds is 2. The van der Waals surface area contributed by atoms with Crippen molar-refractivity contribution in [2.75, 3.05) is 0 Å². The zero-order valence-electron chi connectivity index (χ0n) is 13.4. The minimum atomic E-state index is 1.03. The molecule has 0 amide bonds. The molecule has 0 saturated carbocycles. The summed E-state index contributed by atoms with van der Waals surface area (Å²) in [4.78, 5) is 0. The van der Waals surface area contributed by atoms with Crippen LogP contribution < -0.4 is 10.4 Å². The average molecular weight is 306 g/mol. The van der Waals surface area contributed by atoms with E-state index in [0.29, 0.717) is 0 Å². The summed E-state index contributed by atoms with van der Waals surface area (Å²) in [5.41, 5.74) is 3.74. The van der Waals surface area contributed by atoms with Crippen LogP contribution in [0.5, 0.6) is 0 Å². The van der Waals surface area contributed by atoms with Gasteiger partial charge in [-0.1, -0.05) is 104 Å². The first kappa shape index (κ1) is 14.5. The van der Waals surface area contributed by atoms with Gasteiger partial charge in [0.05, 0.1) is 0 Å². The fourth-order valence-electron chi connectivity index (χ4n) is 3.20. The van der Waals surface area contributed by atoms with Crippen LogP contribution >= 0.6 is 0 Å². The second-order valence-corrected chi connectivity index (χ2v) is 5.96. The van der Waals surface area contributed by atoms with E-state index < -0.39 is 0 Å². The largest absolute Gasteiger partial charge is 0.0918 e. The summed E-state index contributed by atoms with van der Waals surface area (Å²) in [6.07, 6.45) is 0. The van der Waals surface area contributed by atoms with Gasteiger partial charge in [0, 0.05) is 0 Å². The fraction of sp³-hybridized carbons (Fsp3) is 0. The van der Waals surface area contributed by atoms with Gasteiger partial charge in [-0.2, -0.15) is 0 Å². The van der Waals surface area contributed by atoms with Crippen LogP contribution in [0.15, 0.2) is 97.1 Å². The molecule has 24 heavy (non-hydrogen) atoms. The van der Waals surface area contributed by atoms with Gasteiger partial charge in [-0.05, 0) is 37.9 Å². The van der Waals surface area contributed by atoms with Crippen molar-refractivity contribution in [2.45, 2.75) is 0 Å². The zero-order valence-corrected chi connectivity index (χ0v) is 13.4. The SMILES string of the molecule is C=c1ccc(=C(c2ccccc2)c2cccc3ccccc23)cc1. The summed E-state index contributed by atoms with van der Waals surface area (Å²) in [5.74, 6) is 0. The van der Waals surface area contributed by atoms with Gasteiger partial charge in [0.15, 0.2) is 0 Å². The molecular formula is C24H18. The van der Waals surface area contributed by atoms with Gasteiger partial charge in [0.25, 0.3) is 0 Å². The summed E-state index contributed by atoms with van der Waals surface area (Å²) in [5, 5.41) is 4.78. The molecule has 0 atom stereocenters. The van der Waals surface area contributed by atoms with E-state index in [1.54, 1.807) is 0 Å². The van der Waals surface area contributed by atoms with Crippen molar-refractivity contribution in [2.24, 2.45) is 0 Å². The molecule has 0 bridgehead atoms. The molecule has 114 valence electrons. The summed E-state index contributed by atoms with van der Waals surface area (Å²) in [7, 11) is 0. The molecule has 0 saturated heterocycles. The highest BCUT2D eigenvalue weighted by Crippen LogP contribution is 2.28. The summed E-state index contributed by atoms with van der Waals surface area (Å²) in [6, 6.07) is 34.1. The first-order valence-electron chi connectivity index (χ1n) is 8.16. The molecular weight excluding hydrogens is 288 g/mol. The standard InChI is InChI=1S/C24H18/c1-18-14-16-21(17-15-18)24(20-9-3-2-4-10-20)23-13-7-11-19-8-5-6-12-22(19)23/h2-17H,1H2. The van der Waals surface area contributed by atoms with Crippen molar-refractivity contribution in [3.8, 4) is 0 Å². The van der Waals surface area contributed by atoms with Crippen LogP contribution in [0.4, 0.5) is 0 Å². The first-order valence-corrected chi connectivity index (χ1v) is 8.16. The van der Waals surface area contributed by atoms with Crippen LogP contribution in [0.3, 0.4) is 0 Å². The number of hydrogen-bond donors (Lipinski definition) is 0. The molecule has 4 rings (SSSR count). The number of fused-ring (bicyclic) bond motifs is 1. The zero-order chi connectivity index (χ0) is 16.4. The molecule has 0 heterocycles. The predicted molar refractivity (Wildman–Crippen MR) is 103 cm³/mol. The van der Waals surface area contributed by atoms with Crippen molar-refractivity contribution in [3.63, 3.8) is 0 Å². The Kier molecular flexibility index (Phi) is 3.72. The molecule has 0 aliphatic carbocycles. The highest BCUT2D eigenvalue weighted by molar-refractivity contribution is 5.97. The lowest BCUT2D eigenvalue weighted by atomic mass is 9.91. The van der Waals surface area contributed by atoms with Crippen LogP contribution in [-0.4, -0.2) is 0 Å². The molecule has 0 aromatic heterocycles. The quantitative estimate of drug-likeness (QED) is 0.511. The first-order chi connectivity index (χ1) is 11.8. The van der Waals surface area contributed by atoms with Gasteiger partial charge in [0.1, 0.15) is 0 Å². The third-order valence-corrected chi connectivity index (χ3v) is 4.36. The lowest BCUT2D eigenvalue weighted by Crippen LogP contribution is -2.11. The molecule has 4 aromatic carbocycles. The Hall–Kier alpha value is -3.12. The van der Waals surface area contributed by atoms with Crippen molar-refractivity contribution in [3.05, 3.63) is 119 Å². The third-order valence-electron chi connectivity index (χ3n) is 4.36. The van der Waals surface area contributed by atoms with Crippen LogP contribution in [0, 0.1) is 0 Å². The topological polar surface area (TPSA) is 0 Å². The predicted octanol–water partition coefficient (Wildman–Crippen LogP) is 4.50. The van der Waals surface area contributed by atoms with E-state index in [2.05, 4.69) is 104 Å². The van der Waals surface area contributed by atoms with E-state index in [9.17, 15) is 0 Å². The van der Waals surface area contributed by atoms with E-state index in [1.807, 2.05) is 0 Å². The Balaban J connectivity index is 2.13. The normalized spacial score (nSPS) is 10.7. The molecule has 0 radical (unpaired) electrons. The fourth-order valence-corrected chi connectivity index (χ4v) is 3.20. The van der Waals surface area contributed by atoms with E-state index in [0.717, 1.165) is 5.22 Å². The molecule has 0 heteroatoms. The highest BCUT2D eigenvalue weighted by atomic mass is 14.1. The molecule has 4 aromatic rings. The van der Waals surface area contributed by atoms with Gasteiger partial charge < -0.3 is 0 Å². The third kappa shape index (κ3) is 2.63. The minimum Gasteiger partial charge on any atom is -0.0918 e. The maximum Gasteiger partial charge on any atom is -0.00326 e. The van der Waals surface area contributed by atoms with Crippen molar-refractivity contribution < 1.29 is 0 Å². The molecule has 0 aliphatic rings. The molecule has 0 N–H and O–H groups in total. The average Bonchev–Trinajstić information content (AvgIpc) is 2.65. The Morgan fingerprint density at radius 1 is 0.583 bits per heavy atom. The van der Waals surface area contributed by atoms with E-state index in [-0.39, 0.29) is 0 Å². The molecule has 0 unspecified atom stereocenters. The van der Waals surface area contributed by atoms with Gasteiger partial charge in [-0.25, -0.2) is 0 Å². The van der Waals surface area contributed by atoms with Crippen molar-refractivity contribution >= 4 is 22.9 Å². The monoisotopic (exact) mass is 306 g/mol. The van der Waals surface area contributed by atoms with Crippen LogP contribution in [-0.2, 0) is 0 Å². The van der Waals surface area contributed by atoms with Crippen LogP contribution in [0.25, 0.3) is 22.9 Å². The molecule has 0 nitrogen and oxygen atoms in total. The van der Waals surface area contributed by atoms with Crippen LogP contribution in [0.1, 0.15) is 11.1 Å². The Labute approximate surface area is 142 Å². The Morgan fingerprint density at radius 2 is 1.25 bits per heavy atom. The number of hydrogen-bond acceptors (Lipinski definition) is 0. The van der Waals surface area contributed by atoms with E-state index in [4.69, 9.17) is 0 Å². The van der Waals surface area contributed by atoms with Gasteiger partial charge in [-0.3, -0.25) is 0 Å². The molecule has 0 spiro atoms. The van der Waals surface area contributed by atoms with Gasteiger partial charge >= 0.3 is 0 Å².